The number of halogens is 2. The third-order valence-electron chi connectivity index (χ3n) is 6.97. The van der Waals surface area contributed by atoms with Crippen LogP contribution in [0.2, 0.25) is 5.02 Å². The molecule has 0 aliphatic carbocycles. The Morgan fingerprint density at radius 2 is 1.75 bits per heavy atom. The Balaban J connectivity index is 1.51. The number of ether oxygens (including phenoxy) is 1. The van der Waals surface area contributed by atoms with E-state index in [1.54, 1.807) is 42.4 Å². The molecule has 40 heavy (non-hydrogen) atoms. The fourth-order valence-electron chi connectivity index (χ4n) is 5.19. The van der Waals surface area contributed by atoms with E-state index in [0.717, 1.165) is 16.6 Å². The molecule has 214 valence electrons. The van der Waals surface area contributed by atoms with Crippen LogP contribution in [0.15, 0.2) is 47.3 Å². The van der Waals surface area contributed by atoms with Crippen LogP contribution in [0.5, 0.6) is 0 Å². The monoisotopic (exact) mass is 590 g/mol. The number of rotatable bonds is 7. The minimum Gasteiger partial charge on any atom is -0.444 e. The van der Waals surface area contributed by atoms with Gasteiger partial charge >= 0.3 is 11.8 Å². The Labute approximate surface area is 236 Å². The van der Waals surface area contributed by atoms with Crippen molar-refractivity contribution in [3.63, 3.8) is 0 Å². The molecule has 4 aromatic rings. The summed E-state index contributed by atoms with van der Waals surface area (Å²) >= 11 is 6.23. The van der Waals surface area contributed by atoms with Gasteiger partial charge in [-0.05, 0) is 69.7 Å². The Morgan fingerprint density at radius 1 is 1.05 bits per heavy atom. The molecule has 0 N–H and O–H groups in total. The summed E-state index contributed by atoms with van der Waals surface area (Å²) < 4.78 is 48.5. The maximum Gasteiger partial charge on any atom is 0.410 e. The summed E-state index contributed by atoms with van der Waals surface area (Å²) in [4.78, 5) is 27.8. The van der Waals surface area contributed by atoms with E-state index in [1.165, 1.54) is 23.0 Å². The molecule has 0 unspecified atom stereocenters. The van der Waals surface area contributed by atoms with Gasteiger partial charge in [0.25, 0.3) is 0 Å². The van der Waals surface area contributed by atoms with E-state index in [-0.39, 0.29) is 24.0 Å². The number of sulfone groups is 1. The van der Waals surface area contributed by atoms with Gasteiger partial charge in [-0.15, -0.1) is 0 Å². The van der Waals surface area contributed by atoms with Crippen molar-refractivity contribution in [2.75, 3.05) is 25.1 Å². The second-order valence-electron chi connectivity index (χ2n) is 11.4. The SMILES string of the molecule is CC(C)(C)OC(=O)N1CC(n2c(=O)n(Cc3cc4cc(Cl)ccc4n3CCCS(C)(=O)=O)c3cc(F)ccc32)C1. The van der Waals surface area contributed by atoms with Crippen molar-refractivity contribution in [1.29, 1.82) is 0 Å². The lowest BCUT2D eigenvalue weighted by molar-refractivity contribution is 0.00108. The molecule has 0 spiro atoms. The van der Waals surface area contributed by atoms with Crippen molar-refractivity contribution in [3.05, 3.63) is 69.5 Å². The molecule has 1 amide bonds. The molecule has 0 radical (unpaired) electrons. The van der Waals surface area contributed by atoms with Crippen LogP contribution in [-0.4, -0.2) is 63.8 Å². The van der Waals surface area contributed by atoms with Gasteiger partial charge in [-0.25, -0.2) is 22.4 Å². The molecule has 2 aromatic carbocycles. The maximum atomic E-state index is 14.4. The number of fused-ring (bicyclic) bond motifs is 2. The van der Waals surface area contributed by atoms with Crippen molar-refractivity contribution in [3.8, 4) is 0 Å². The van der Waals surface area contributed by atoms with Crippen molar-refractivity contribution in [2.24, 2.45) is 0 Å². The summed E-state index contributed by atoms with van der Waals surface area (Å²) in [5, 5.41) is 1.42. The highest BCUT2D eigenvalue weighted by molar-refractivity contribution is 7.90. The van der Waals surface area contributed by atoms with Gasteiger partial charge in [0.2, 0.25) is 0 Å². The number of carbonyl (C=O) groups excluding carboxylic acids is 1. The van der Waals surface area contributed by atoms with E-state index < -0.39 is 27.3 Å². The van der Waals surface area contributed by atoms with Gasteiger partial charge in [0.1, 0.15) is 21.3 Å². The average molecular weight is 591 g/mol. The minimum absolute atomic E-state index is 0.0278. The van der Waals surface area contributed by atoms with Gasteiger partial charge in [0.05, 0.1) is 29.4 Å². The summed E-state index contributed by atoms with van der Waals surface area (Å²) in [6, 6.07) is 11.3. The molecule has 2 aromatic heterocycles. The quantitative estimate of drug-likeness (QED) is 0.307. The summed E-state index contributed by atoms with van der Waals surface area (Å²) in [5.41, 5.74) is 1.69. The Kier molecular flexibility index (Phi) is 7.24. The van der Waals surface area contributed by atoms with E-state index in [1.807, 2.05) is 22.8 Å². The highest BCUT2D eigenvalue weighted by Crippen LogP contribution is 2.29. The fraction of sp³-hybridized carbons (Fsp3) is 0.429. The largest absolute Gasteiger partial charge is 0.444 e. The molecule has 5 rings (SSSR count). The van der Waals surface area contributed by atoms with E-state index in [4.69, 9.17) is 16.3 Å². The predicted molar refractivity (Wildman–Crippen MR) is 153 cm³/mol. The topological polar surface area (TPSA) is 95.5 Å². The Bertz CT molecular complexity index is 1780. The number of carbonyl (C=O) groups is 1. The second-order valence-corrected chi connectivity index (χ2v) is 14.1. The summed E-state index contributed by atoms with van der Waals surface area (Å²) in [5.74, 6) is -0.442. The zero-order chi connectivity index (χ0) is 29.0. The molecule has 0 bridgehead atoms. The van der Waals surface area contributed by atoms with Crippen LogP contribution in [0.1, 0.15) is 38.9 Å². The first kappa shape index (κ1) is 28.2. The lowest BCUT2D eigenvalue weighted by atomic mass is 10.1. The van der Waals surface area contributed by atoms with E-state index in [2.05, 4.69) is 0 Å². The molecule has 0 atom stereocenters. The molecule has 1 aliphatic rings. The molecule has 1 fully saturated rings. The highest BCUT2D eigenvalue weighted by atomic mass is 35.5. The fourth-order valence-corrected chi connectivity index (χ4v) is 6.03. The number of hydrogen-bond donors (Lipinski definition) is 0. The van der Waals surface area contributed by atoms with E-state index in [9.17, 15) is 22.4 Å². The minimum atomic E-state index is -3.14. The third-order valence-corrected chi connectivity index (χ3v) is 8.24. The van der Waals surface area contributed by atoms with Crippen LogP contribution < -0.4 is 5.69 Å². The number of aryl methyl sites for hydroxylation is 1. The number of imidazole rings is 1. The molecule has 3 heterocycles. The van der Waals surface area contributed by atoms with Crippen LogP contribution in [0.4, 0.5) is 9.18 Å². The predicted octanol–water partition coefficient (Wildman–Crippen LogP) is 4.83. The zero-order valence-corrected chi connectivity index (χ0v) is 24.4. The van der Waals surface area contributed by atoms with Crippen molar-refractivity contribution in [2.45, 2.75) is 51.9 Å². The number of hydrogen-bond acceptors (Lipinski definition) is 5. The lowest BCUT2D eigenvalue weighted by Gasteiger charge is -2.40. The number of amides is 1. The molecule has 0 saturated carbocycles. The standard InChI is InChI=1S/C28H32ClFN4O5S/c1-28(2,3)39-27(36)31-15-22(16-31)34-24-9-7-20(30)14-25(24)33(26(34)35)17-21-13-18-12-19(29)6-8-23(18)32(21)10-5-11-40(4,37)38/h6-9,12-14,22H,5,10-11,15-17H2,1-4H3. The molecule has 12 heteroatoms. The van der Waals surface area contributed by atoms with Gasteiger partial charge in [0, 0.05) is 47.5 Å². The average Bonchev–Trinajstić information content (AvgIpc) is 3.25. The van der Waals surface area contributed by atoms with Crippen LogP contribution in [0, 0.1) is 5.82 Å². The first-order valence-corrected chi connectivity index (χ1v) is 15.5. The molecule has 9 nitrogen and oxygen atoms in total. The van der Waals surface area contributed by atoms with Crippen LogP contribution >= 0.6 is 11.6 Å². The first-order chi connectivity index (χ1) is 18.7. The van der Waals surface area contributed by atoms with E-state index >= 15 is 0 Å². The van der Waals surface area contributed by atoms with Crippen LogP contribution in [0.25, 0.3) is 21.9 Å². The normalized spacial score (nSPS) is 14.7. The Hall–Kier alpha value is -3.31. The molecule has 1 saturated heterocycles. The summed E-state index contributed by atoms with van der Waals surface area (Å²) in [6.45, 7) is 6.54. The smallest absolute Gasteiger partial charge is 0.410 e. The lowest BCUT2D eigenvalue weighted by Crippen LogP contribution is -2.54. The first-order valence-electron chi connectivity index (χ1n) is 13.0. The van der Waals surface area contributed by atoms with Crippen molar-refractivity contribution < 1.29 is 22.3 Å². The second kappa shape index (κ2) is 10.3. The zero-order valence-electron chi connectivity index (χ0n) is 22.9. The van der Waals surface area contributed by atoms with Crippen LogP contribution in [0.3, 0.4) is 0 Å². The Morgan fingerprint density at radius 3 is 2.42 bits per heavy atom. The third kappa shape index (κ3) is 5.76. The molecular formula is C28H32ClFN4O5S. The van der Waals surface area contributed by atoms with E-state index in [0.29, 0.717) is 42.1 Å². The molecular weight excluding hydrogens is 559 g/mol. The number of nitrogens with zero attached hydrogens (tertiary/aromatic N) is 4. The van der Waals surface area contributed by atoms with Gasteiger partial charge in [-0.2, -0.15) is 0 Å². The number of aromatic nitrogens is 3. The highest BCUT2D eigenvalue weighted by Gasteiger charge is 2.37. The summed E-state index contributed by atoms with van der Waals surface area (Å²) in [6.07, 6.45) is 1.16. The summed E-state index contributed by atoms with van der Waals surface area (Å²) in [7, 11) is -3.14. The van der Waals surface area contributed by atoms with Gasteiger partial charge < -0.3 is 14.2 Å². The van der Waals surface area contributed by atoms with Gasteiger partial charge in [0.15, 0.2) is 0 Å². The van der Waals surface area contributed by atoms with Crippen molar-refractivity contribution >= 4 is 49.5 Å². The molecule has 1 aliphatic heterocycles. The maximum absolute atomic E-state index is 14.4. The van der Waals surface area contributed by atoms with Gasteiger partial charge in [-0.1, -0.05) is 11.6 Å². The number of benzene rings is 2. The number of likely N-dealkylation sites (tertiary alicyclic amines) is 1. The van der Waals surface area contributed by atoms with Gasteiger partial charge in [-0.3, -0.25) is 9.13 Å². The van der Waals surface area contributed by atoms with Crippen molar-refractivity contribution in [1.82, 2.24) is 18.6 Å². The van der Waals surface area contributed by atoms with Crippen LogP contribution in [-0.2, 0) is 27.7 Å².